The van der Waals surface area contributed by atoms with Crippen molar-refractivity contribution in [2.45, 2.75) is 69.1 Å². The summed E-state index contributed by atoms with van der Waals surface area (Å²) in [7, 11) is 0. The van der Waals surface area contributed by atoms with E-state index in [4.69, 9.17) is 10.5 Å². The number of anilines is 1. The molecular weight excluding hydrogens is 414 g/mol. The molecule has 2 fully saturated rings. The third-order valence-electron chi connectivity index (χ3n) is 7.17. The van der Waals surface area contributed by atoms with Crippen LogP contribution in [0, 0.1) is 0 Å². The lowest BCUT2D eigenvalue weighted by Gasteiger charge is -2.39. The third-order valence-corrected chi connectivity index (χ3v) is 8.34. The predicted molar refractivity (Wildman–Crippen MR) is 120 cm³/mol. The van der Waals surface area contributed by atoms with Crippen LogP contribution in [0.1, 0.15) is 54.9 Å². The van der Waals surface area contributed by atoms with Crippen molar-refractivity contribution in [1.29, 1.82) is 0 Å². The molecule has 0 radical (unpaired) electrons. The maximum absolute atomic E-state index is 11.4. The number of hydrogen-bond donors (Lipinski definition) is 3. The molecule has 4 N–H and O–H groups in total. The number of nitrogens with two attached hydrogens (primary N) is 1. The third kappa shape index (κ3) is 4.28. The van der Waals surface area contributed by atoms with E-state index in [2.05, 4.69) is 20.2 Å². The first-order valence-electron chi connectivity index (χ1n) is 11.4. The van der Waals surface area contributed by atoms with Crippen molar-refractivity contribution in [2.24, 2.45) is 5.73 Å². The van der Waals surface area contributed by atoms with E-state index < -0.39 is 12.0 Å². The Labute approximate surface area is 186 Å². The Bertz CT molecular complexity index is 937. The fourth-order valence-corrected chi connectivity index (χ4v) is 6.76. The lowest BCUT2D eigenvalue weighted by molar-refractivity contribution is -0.126. The van der Waals surface area contributed by atoms with Gasteiger partial charge in [-0.25, -0.2) is 9.97 Å². The lowest BCUT2D eigenvalue weighted by Crippen LogP contribution is -2.46. The fraction of sp³-hybridized carbons (Fsp3) is 0.682. The Morgan fingerprint density at radius 2 is 2.03 bits per heavy atom. The number of carbonyl (C=O) groups excluding carboxylic acids is 1. The summed E-state index contributed by atoms with van der Waals surface area (Å²) in [6, 6.07) is 1.07. The van der Waals surface area contributed by atoms with Gasteiger partial charge < -0.3 is 20.9 Å². The second-order valence-corrected chi connectivity index (χ2v) is 10.1. The molecule has 3 heterocycles. The van der Waals surface area contributed by atoms with Gasteiger partial charge in [0.05, 0.1) is 18.6 Å². The summed E-state index contributed by atoms with van der Waals surface area (Å²) in [6.07, 6.45) is 7.44. The second kappa shape index (κ2) is 8.97. The Morgan fingerprint density at radius 3 is 2.77 bits per heavy atom. The average molecular weight is 446 g/mol. The van der Waals surface area contributed by atoms with Crippen molar-refractivity contribution >= 4 is 33.3 Å². The normalized spacial score (nSPS) is 27.8. The molecule has 168 valence electrons. The number of aryl methyl sites for hydroxylation is 1. The molecule has 0 bridgehead atoms. The number of nitrogens with one attached hydrogen (secondary N) is 1. The number of nitrogens with zero attached hydrogens (tertiary/aromatic N) is 3. The number of primary amides is 1. The smallest absolute Gasteiger partial charge is 0.246 e. The van der Waals surface area contributed by atoms with Crippen molar-refractivity contribution in [1.82, 2.24) is 14.9 Å². The van der Waals surface area contributed by atoms with E-state index in [9.17, 15) is 9.90 Å². The molecule has 9 heteroatoms. The highest BCUT2D eigenvalue weighted by Gasteiger charge is 2.33. The van der Waals surface area contributed by atoms with Crippen LogP contribution in [0.15, 0.2) is 6.33 Å². The largest absolute Gasteiger partial charge is 0.383 e. The molecule has 1 saturated heterocycles. The number of rotatable bonds is 6. The van der Waals surface area contributed by atoms with Crippen LogP contribution in [0.25, 0.3) is 10.2 Å². The first-order valence-corrected chi connectivity index (χ1v) is 12.2. The maximum atomic E-state index is 11.4. The molecular formula is C22H31N5O3S. The molecule has 2 atom stereocenters. The predicted octanol–water partition coefficient (Wildman–Crippen LogP) is 2.01. The minimum absolute atomic E-state index is 0.120. The maximum Gasteiger partial charge on any atom is 0.246 e. The second-order valence-electron chi connectivity index (χ2n) is 9.03. The standard InChI is InChI=1S/C22H31N5O3S/c23-20(29)16(28)11-13-1-6-17-18(13)19-21(24-12-25-22(19)31-17)26-14-2-4-15(5-3-14)27-7-9-30-10-8-27/h12-16,28H,1-11H2,(H2,23,29)(H,24,25,26)/t13-,14-,15-,16+/m1/s1. The molecule has 8 nitrogen and oxygen atoms in total. The summed E-state index contributed by atoms with van der Waals surface area (Å²) in [5.41, 5.74) is 6.52. The monoisotopic (exact) mass is 445 g/mol. The van der Waals surface area contributed by atoms with Gasteiger partial charge in [0, 0.05) is 30.1 Å². The van der Waals surface area contributed by atoms with E-state index in [1.807, 2.05) is 0 Å². The molecule has 5 rings (SSSR count). The number of fused-ring (bicyclic) bond motifs is 3. The number of carbonyl (C=O) groups is 1. The number of aliphatic hydroxyl groups is 1. The Hall–Kier alpha value is -1.81. The van der Waals surface area contributed by atoms with E-state index in [-0.39, 0.29) is 5.92 Å². The van der Waals surface area contributed by atoms with Crippen LogP contribution in [0.3, 0.4) is 0 Å². The minimum atomic E-state index is -1.11. The number of aromatic nitrogens is 2. The summed E-state index contributed by atoms with van der Waals surface area (Å²) < 4.78 is 5.50. The van der Waals surface area contributed by atoms with Crippen molar-refractivity contribution in [2.75, 3.05) is 31.6 Å². The summed E-state index contributed by atoms with van der Waals surface area (Å²) in [5, 5.41) is 14.9. The number of morpholine rings is 1. The zero-order chi connectivity index (χ0) is 21.4. The van der Waals surface area contributed by atoms with E-state index in [1.54, 1.807) is 17.7 Å². The lowest BCUT2D eigenvalue weighted by atomic mass is 9.89. The van der Waals surface area contributed by atoms with Crippen LogP contribution in [0.5, 0.6) is 0 Å². The van der Waals surface area contributed by atoms with Crippen LogP contribution < -0.4 is 11.1 Å². The van der Waals surface area contributed by atoms with Crippen molar-refractivity contribution < 1.29 is 14.6 Å². The Morgan fingerprint density at radius 1 is 1.26 bits per heavy atom. The zero-order valence-corrected chi connectivity index (χ0v) is 18.6. The van der Waals surface area contributed by atoms with Gasteiger partial charge in [0.15, 0.2) is 0 Å². The molecule has 0 spiro atoms. The van der Waals surface area contributed by atoms with Crippen LogP contribution >= 0.6 is 11.3 Å². The first-order chi connectivity index (χ1) is 15.1. The van der Waals surface area contributed by atoms with Crippen LogP contribution in [-0.2, 0) is 16.0 Å². The summed E-state index contributed by atoms with van der Waals surface area (Å²) >= 11 is 1.71. The van der Waals surface area contributed by atoms with Gasteiger partial charge in [-0.3, -0.25) is 9.69 Å². The van der Waals surface area contributed by atoms with Gasteiger partial charge in [0.1, 0.15) is 23.1 Å². The molecule has 1 saturated carbocycles. The highest BCUT2D eigenvalue weighted by molar-refractivity contribution is 7.19. The van der Waals surface area contributed by atoms with Gasteiger partial charge in [0.25, 0.3) is 0 Å². The number of ether oxygens (including phenoxy) is 1. The number of amides is 1. The highest BCUT2D eigenvalue weighted by atomic mass is 32.1. The quantitative estimate of drug-likeness (QED) is 0.623. The van der Waals surface area contributed by atoms with E-state index in [1.165, 1.54) is 23.3 Å². The van der Waals surface area contributed by atoms with Gasteiger partial charge in [-0.15, -0.1) is 11.3 Å². The first kappa shape index (κ1) is 21.1. The van der Waals surface area contributed by atoms with Gasteiger partial charge in [0.2, 0.25) is 5.91 Å². The molecule has 2 aromatic heterocycles. The van der Waals surface area contributed by atoms with Gasteiger partial charge in [-0.05, 0) is 56.4 Å². The SMILES string of the molecule is NC(=O)[C@@H](O)C[C@H]1CCc2sc3ncnc(N[C@H]4CC[C@H](N5CCOCC5)CC4)c3c21. The molecule has 2 aromatic rings. The molecule has 3 aliphatic rings. The average Bonchev–Trinajstić information content (AvgIpc) is 3.35. The van der Waals surface area contributed by atoms with E-state index in [0.29, 0.717) is 18.5 Å². The number of hydrogen-bond acceptors (Lipinski definition) is 8. The van der Waals surface area contributed by atoms with Crippen LogP contribution in [0.4, 0.5) is 5.82 Å². The molecule has 0 aromatic carbocycles. The molecule has 2 aliphatic carbocycles. The number of thiophene rings is 1. The van der Waals surface area contributed by atoms with Crippen molar-refractivity contribution in [3.8, 4) is 0 Å². The van der Waals surface area contributed by atoms with Crippen LogP contribution in [-0.4, -0.2) is 70.4 Å². The molecule has 31 heavy (non-hydrogen) atoms. The van der Waals surface area contributed by atoms with Crippen molar-refractivity contribution in [3.05, 3.63) is 16.8 Å². The van der Waals surface area contributed by atoms with Gasteiger partial charge >= 0.3 is 0 Å². The van der Waals surface area contributed by atoms with Crippen LogP contribution in [0.2, 0.25) is 0 Å². The van der Waals surface area contributed by atoms with E-state index in [0.717, 1.165) is 68.0 Å². The summed E-state index contributed by atoms with van der Waals surface area (Å²) in [6.45, 7) is 3.81. The Kier molecular flexibility index (Phi) is 6.10. The molecule has 1 aliphatic heterocycles. The van der Waals surface area contributed by atoms with E-state index >= 15 is 0 Å². The summed E-state index contributed by atoms with van der Waals surface area (Å²) in [4.78, 5) is 25.4. The zero-order valence-electron chi connectivity index (χ0n) is 17.8. The van der Waals surface area contributed by atoms with Gasteiger partial charge in [-0.1, -0.05) is 0 Å². The minimum Gasteiger partial charge on any atom is -0.383 e. The highest BCUT2D eigenvalue weighted by Crippen LogP contribution is 2.47. The molecule has 1 amide bonds. The Balaban J connectivity index is 1.31. The van der Waals surface area contributed by atoms with Crippen molar-refractivity contribution in [3.63, 3.8) is 0 Å². The fourth-order valence-electron chi connectivity index (χ4n) is 5.52. The summed E-state index contributed by atoms with van der Waals surface area (Å²) in [5.74, 6) is 0.368. The topological polar surface area (TPSA) is 114 Å². The van der Waals surface area contributed by atoms with Gasteiger partial charge in [-0.2, -0.15) is 0 Å². The number of aliphatic hydroxyl groups excluding tert-OH is 1. The molecule has 0 unspecified atom stereocenters.